The lowest BCUT2D eigenvalue weighted by Gasteiger charge is -2.33. The molecule has 1 spiro atoms. The number of benzene rings is 2. The van der Waals surface area contributed by atoms with E-state index in [-0.39, 0.29) is 0 Å². The average molecular weight is 409 g/mol. The molecule has 8 nitrogen and oxygen atoms in total. The molecule has 0 aromatic heterocycles. The van der Waals surface area contributed by atoms with Crippen molar-refractivity contribution in [2.24, 2.45) is 0 Å². The molecule has 1 aliphatic carbocycles. The molecular formula is C22H23N3O5. The highest BCUT2D eigenvalue weighted by molar-refractivity contribution is 6.10. The summed E-state index contributed by atoms with van der Waals surface area (Å²) >= 11 is 0. The van der Waals surface area contributed by atoms with Gasteiger partial charge in [0.1, 0.15) is 23.6 Å². The third-order valence-corrected chi connectivity index (χ3v) is 5.63. The number of nitrogens with zero attached hydrogens (tertiary/aromatic N) is 1. The Balaban J connectivity index is 1.55. The molecule has 1 fully saturated rings. The molecular weight excluding hydrogens is 386 g/mol. The number of nitrogens with one attached hydrogen (secondary N) is 2. The zero-order valence-electron chi connectivity index (χ0n) is 16.9. The lowest BCUT2D eigenvalue weighted by atomic mass is 9.76. The fraction of sp³-hybridized carbons (Fsp3) is 0.318. The van der Waals surface area contributed by atoms with E-state index in [0.717, 1.165) is 28.9 Å². The van der Waals surface area contributed by atoms with Gasteiger partial charge in [0.25, 0.3) is 5.91 Å². The van der Waals surface area contributed by atoms with Gasteiger partial charge >= 0.3 is 6.03 Å². The van der Waals surface area contributed by atoms with E-state index in [1.165, 1.54) is 14.2 Å². The molecule has 0 bridgehead atoms. The number of urea groups is 1. The van der Waals surface area contributed by atoms with Crippen LogP contribution in [0.4, 0.5) is 10.5 Å². The van der Waals surface area contributed by atoms with Crippen molar-refractivity contribution in [1.82, 2.24) is 10.2 Å². The Morgan fingerprint density at radius 3 is 2.73 bits per heavy atom. The van der Waals surface area contributed by atoms with E-state index in [4.69, 9.17) is 9.47 Å². The zero-order valence-corrected chi connectivity index (χ0v) is 16.9. The van der Waals surface area contributed by atoms with Crippen molar-refractivity contribution >= 4 is 23.5 Å². The smallest absolute Gasteiger partial charge is 0.325 e. The van der Waals surface area contributed by atoms with Crippen LogP contribution in [0.5, 0.6) is 11.5 Å². The van der Waals surface area contributed by atoms with Crippen LogP contribution in [0.1, 0.15) is 24.0 Å². The minimum atomic E-state index is -1.10. The van der Waals surface area contributed by atoms with Gasteiger partial charge in [0.05, 0.1) is 19.9 Å². The van der Waals surface area contributed by atoms with Crippen molar-refractivity contribution in [3.8, 4) is 11.5 Å². The van der Waals surface area contributed by atoms with Crippen molar-refractivity contribution < 1.29 is 23.9 Å². The van der Waals surface area contributed by atoms with E-state index >= 15 is 0 Å². The number of anilines is 1. The van der Waals surface area contributed by atoms with Gasteiger partial charge in [-0.2, -0.15) is 0 Å². The molecule has 2 aromatic carbocycles. The van der Waals surface area contributed by atoms with E-state index < -0.39 is 29.9 Å². The Bertz CT molecular complexity index is 1020. The second-order valence-corrected chi connectivity index (χ2v) is 7.35. The largest absolute Gasteiger partial charge is 0.497 e. The molecule has 2 aliphatic rings. The van der Waals surface area contributed by atoms with Crippen LogP contribution >= 0.6 is 0 Å². The van der Waals surface area contributed by atoms with E-state index in [1.807, 2.05) is 24.3 Å². The minimum Gasteiger partial charge on any atom is -0.497 e. The number of aryl methyl sites for hydroxylation is 1. The van der Waals surface area contributed by atoms with Crippen molar-refractivity contribution in [2.75, 3.05) is 26.1 Å². The number of carbonyl (C=O) groups excluding carboxylic acids is 3. The van der Waals surface area contributed by atoms with Crippen molar-refractivity contribution in [3.05, 3.63) is 53.6 Å². The summed E-state index contributed by atoms with van der Waals surface area (Å²) in [5.74, 6) is 0.0801. The number of carbonyl (C=O) groups is 3. The molecule has 1 aliphatic heterocycles. The van der Waals surface area contributed by atoms with Gasteiger partial charge in [0.2, 0.25) is 5.91 Å². The Morgan fingerprint density at radius 1 is 1.17 bits per heavy atom. The van der Waals surface area contributed by atoms with Gasteiger partial charge in [0, 0.05) is 6.07 Å². The van der Waals surface area contributed by atoms with Crippen molar-refractivity contribution in [3.63, 3.8) is 0 Å². The zero-order chi connectivity index (χ0) is 21.3. The number of hydrogen-bond acceptors (Lipinski definition) is 5. The number of imide groups is 1. The number of fused-ring (bicyclic) bond motifs is 2. The summed E-state index contributed by atoms with van der Waals surface area (Å²) in [5.41, 5.74) is 1.16. The quantitative estimate of drug-likeness (QED) is 0.740. The first-order chi connectivity index (χ1) is 14.5. The Morgan fingerprint density at radius 2 is 1.97 bits per heavy atom. The third-order valence-electron chi connectivity index (χ3n) is 5.63. The monoisotopic (exact) mass is 409 g/mol. The summed E-state index contributed by atoms with van der Waals surface area (Å²) < 4.78 is 10.4. The number of hydrogen-bond donors (Lipinski definition) is 2. The second-order valence-electron chi connectivity index (χ2n) is 7.35. The predicted octanol–water partition coefficient (Wildman–Crippen LogP) is 2.43. The van der Waals surface area contributed by atoms with Crippen molar-refractivity contribution in [1.29, 1.82) is 0 Å². The van der Waals surface area contributed by atoms with Crippen LogP contribution in [0.15, 0.2) is 42.5 Å². The average Bonchev–Trinajstić information content (AvgIpc) is 2.98. The Kier molecular flexibility index (Phi) is 5.07. The lowest BCUT2D eigenvalue weighted by molar-refractivity contribution is -0.134. The van der Waals surface area contributed by atoms with Gasteiger partial charge in [-0.3, -0.25) is 14.5 Å². The maximum atomic E-state index is 13.3. The summed E-state index contributed by atoms with van der Waals surface area (Å²) in [4.78, 5) is 39.6. The number of methoxy groups -OCH3 is 2. The topological polar surface area (TPSA) is 97.0 Å². The highest BCUT2D eigenvalue weighted by atomic mass is 16.5. The van der Waals surface area contributed by atoms with Crippen LogP contribution in [0.2, 0.25) is 0 Å². The van der Waals surface area contributed by atoms with E-state index in [0.29, 0.717) is 23.6 Å². The number of rotatable bonds is 5. The highest BCUT2D eigenvalue weighted by Gasteiger charge is 2.54. The molecule has 0 saturated carbocycles. The van der Waals surface area contributed by atoms with Crippen LogP contribution in [-0.2, 0) is 21.5 Å². The standard InChI is InChI=1S/C22H23N3O5/c1-29-15-9-10-18(30-2)17(12-15)23-19(26)13-25-20(27)22(24-21(25)28)11-5-7-14-6-3-4-8-16(14)22/h3-4,6,8-10,12H,5,7,11,13H2,1-2H3,(H,23,26)(H,24,28). The SMILES string of the molecule is COc1ccc(OC)c(NC(=O)CN2C(=O)NC3(CCCc4ccccc43)C2=O)c1. The van der Waals surface area contributed by atoms with Gasteiger partial charge in [-0.25, -0.2) is 4.79 Å². The van der Waals surface area contributed by atoms with Crippen LogP contribution < -0.4 is 20.1 Å². The molecule has 0 radical (unpaired) electrons. The predicted molar refractivity (Wildman–Crippen MR) is 109 cm³/mol. The lowest BCUT2D eigenvalue weighted by Crippen LogP contribution is -2.47. The van der Waals surface area contributed by atoms with Crippen LogP contribution in [0.25, 0.3) is 0 Å². The first-order valence-corrected chi connectivity index (χ1v) is 9.73. The van der Waals surface area contributed by atoms with Gasteiger partial charge in [0.15, 0.2) is 0 Å². The summed E-state index contributed by atoms with van der Waals surface area (Å²) in [7, 11) is 3.00. The minimum absolute atomic E-state index is 0.394. The first kappa shape index (κ1) is 19.8. The third kappa shape index (κ3) is 3.24. The number of ether oxygens (including phenoxy) is 2. The van der Waals surface area contributed by atoms with Crippen LogP contribution in [0, 0.1) is 0 Å². The summed E-state index contributed by atoms with van der Waals surface area (Å²) in [6.45, 7) is -0.394. The fourth-order valence-electron chi connectivity index (χ4n) is 4.20. The molecule has 1 saturated heterocycles. The molecule has 2 aromatic rings. The maximum absolute atomic E-state index is 13.3. The molecule has 1 unspecified atom stereocenters. The van der Waals surface area contributed by atoms with E-state index in [2.05, 4.69) is 10.6 Å². The molecule has 156 valence electrons. The van der Waals surface area contributed by atoms with Gasteiger partial charge in [-0.1, -0.05) is 24.3 Å². The highest BCUT2D eigenvalue weighted by Crippen LogP contribution is 2.40. The van der Waals surface area contributed by atoms with Gasteiger partial charge in [-0.05, 0) is 42.5 Å². The van der Waals surface area contributed by atoms with Crippen LogP contribution in [-0.4, -0.2) is 43.5 Å². The Hall–Kier alpha value is -3.55. The van der Waals surface area contributed by atoms with Crippen LogP contribution in [0.3, 0.4) is 0 Å². The summed E-state index contributed by atoms with van der Waals surface area (Å²) in [6, 6.07) is 12.0. The summed E-state index contributed by atoms with van der Waals surface area (Å²) in [6.07, 6.45) is 2.15. The van der Waals surface area contributed by atoms with Crippen molar-refractivity contribution in [2.45, 2.75) is 24.8 Å². The van der Waals surface area contributed by atoms with E-state index in [9.17, 15) is 14.4 Å². The van der Waals surface area contributed by atoms with Gasteiger partial charge in [-0.15, -0.1) is 0 Å². The van der Waals surface area contributed by atoms with E-state index in [1.54, 1.807) is 18.2 Å². The second kappa shape index (κ2) is 7.70. The fourth-order valence-corrected chi connectivity index (χ4v) is 4.20. The molecule has 4 rings (SSSR count). The maximum Gasteiger partial charge on any atom is 0.325 e. The molecule has 30 heavy (non-hydrogen) atoms. The first-order valence-electron chi connectivity index (χ1n) is 9.73. The Labute approximate surface area is 174 Å². The normalized spacial score (nSPS) is 20.0. The molecule has 2 N–H and O–H groups in total. The number of amides is 4. The molecule has 8 heteroatoms. The van der Waals surface area contributed by atoms with Gasteiger partial charge < -0.3 is 20.1 Å². The molecule has 1 atom stereocenters. The summed E-state index contributed by atoms with van der Waals surface area (Å²) in [5, 5.41) is 5.54. The molecule has 4 amide bonds. The molecule has 1 heterocycles.